The Labute approximate surface area is 422 Å². The highest BCUT2D eigenvalue weighted by molar-refractivity contribution is 7.93. The fraction of sp³-hybridized carbons (Fsp3) is 0.366. The molecule has 4 aromatic heterocycles. The largest absolute Gasteiger partial charge is 0.497 e. The summed E-state index contributed by atoms with van der Waals surface area (Å²) in [4.78, 5) is 84.5. The van der Waals surface area contributed by atoms with Crippen molar-refractivity contribution < 1.29 is 60.6 Å². The zero-order valence-corrected chi connectivity index (χ0v) is 42.5. The van der Waals surface area contributed by atoms with Gasteiger partial charge in [-0.3, -0.25) is 20.2 Å². The van der Waals surface area contributed by atoms with E-state index in [0.717, 1.165) is 66.4 Å². The zero-order chi connectivity index (χ0) is 52.9. The summed E-state index contributed by atoms with van der Waals surface area (Å²) in [5.74, 6) is -3.24. The summed E-state index contributed by atoms with van der Waals surface area (Å²) in [6.45, 7) is 0. The number of Topliss-reactive ketones (excluding diaryl/α,β-unsaturated/α-hetero) is 2. The minimum Gasteiger partial charge on any atom is -0.497 e. The van der Waals surface area contributed by atoms with Crippen molar-refractivity contribution in [3.63, 3.8) is 0 Å². The van der Waals surface area contributed by atoms with Gasteiger partial charge in [0.05, 0.1) is 18.5 Å². The Kier molecular flexibility index (Phi) is 15.9. The number of hydrogen-bond donors (Lipinski definition) is 6. The van der Waals surface area contributed by atoms with E-state index in [1.54, 1.807) is 30.3 Å². The summed E-state index contributed by atoms with van der Waals surface area (Å²) in [5, 5.41) is 47.4. The molecule has 2 aromatic carbocycles. The number of aromatic nitrogens is 10. The quantitative estimate of drug-likeness (QED) is 0.0726. The second-order valence-corrected chi connectivity index (χ2v) is 22.6. The molecule has 8 rings (SSSR count). The molecule has 6 N–H and O–H groups in total. The van der Waals surface area contributed by atoms with E-state index in [-0.39, 0.29) is 50.6 Å². The topological polar surface area (TPSA) is 385 Å². The Morgan fingerprint density at radius 2 is 1.05 bits per heavy atom. The van der Waals surface area contributed by atoms with Crippen LogP contribution in [0.5, 0.6) is 5.75 Å². The highest BCUT2D eigenvalue weighted by atomic mass is 32.2. The highest BCUT2D eigenvalue weighted by Gasteiger charge is 2.36. The molecule has 0 saturated heterocycles. The average molecular weight is 1080 g/mol. The molecule has 4 heterocycles. The number of hydrogen-bond acceptors (Lipinski definition) is 22. The number of nitrogens with one attached hydrogen (secondary N) is 4. The molecule has 2 aliphatic rings. The molecule has 0 spiro atoms. The van der Waals surface area contributed by atoms with Gasteiger partial charge in [-0.15, -0.1) is 0 Å². The van der Waals surface area contributed by atoms with Crippen molar-refractivity contribution in [2.24, 2.45) is 25.9 Å². The number of thiazole rings is 2. The Bertz CT molecular complexity index is 3360. The number of carbonyl (C=O) groups excluding carboxylic acids is 4. The number of ketones is 2. The van der Waals surface area contributed by atoms with Crippen molar-refractivity contribution in [1.29, 1.82) is 0 Å². The van der Waals surface area contributed by atoms with E-state index in [1.807, 2.05) is 19.0 Å². The van der Waals surface area contributed by atoms with Crippen molar-refractivity contribution >= 4 is 105 Å². The van der Waals surface area contributed by atoms with Crippen molar-refractivity contribution in [3.05, 3.63) is 58.9 Å². The normalized spacial score (nSPS) is 13.9. The van der Waals surface area contributed by atoms with E-state index in [4.69, 9.17) is 4.74 Å². The van der Waals surface area contributed by atoms with Gasteiger partial charge in [-0.25, -0.2) is 55.3 Å². The highest BCUT2D eigenvalue weighted by Crippen LogP contribution is 2.36. The first-order chi connectivity index (χ1) is 34.6. The first-order valence-electron chi connectivity index (χ1n) is 21.8. The van der Waals surface area contributed by atoms with E-state index in [9.17, 15) is 55.8 Å². The number of amides is 4. The van der Waals surface area contributed by atoms with Crippen LogP contribution in [0.1, 0.15) is 93.1 Å². The number of carboxylic acids is 2. The molecular weight excluding hydrogens is 1040 g/mol. The third-order valence-electron chi connectivity index (χ3n) is 11.4. The van der Waals surface area contributed by atoms with E-state index >= 15 is 0 Å². The molecule has 2 saturated carbocycles. The number of ether oxygens (including phenoxy) is 1. The molecule has 2 aliphatic carbocycles. The number of methoxy groups -OCH3 is 1. The fourth-order valence-electron chi connectivity index (χ4n) is 7.82. The minimum absolute atomic E-state index is 0.0652. The lowest BCUT2D eigenvalue weighted by molar-refractivity contribution is 0.0677. The first kappa shape index (κ1) is 53.0. The molecule has 0 bridgehead atoms. The van der Waals surface area contributed by atoms with Crippen LogP contribution < -0.4 is 30.9 Å². The summed E-state index contributed by atoms with van der Waals surface area (Å²) in [5.41, 5.74) is 0.338. The van der Waals surface area contributed by atoms with Gasteiger partial charge in [0.15, 0.2) is 41.6 Å². The average Bonchev–Trinajstić information content (AvgIpc) is 4.21. The van der Waals surface area contributed by atoms with Gasteiger partial charge in [0.25, 0.3) is 30.0 Å². The Hall–Kier alpha value is -7.84. The standard InChI is InChI=1S/C21H24N8O6S2.C20H21N7O7S2/c1-28(2)12-8-9-14(13(10-12)16(30)11-6-4-5-7-11)22-19(33)24-20-23-15(17(31)32)18(36-20)37(34,35)21-25-26-27-29(21)3;1-27-20(24-25-26-27)36(32,33)17-14(16(29)30)22-19(35-17)23-18(31)21-13-8-7-11(34-2)9-12(13)15(28)10-5-3-4-6-10/h8-11H,4-7H2,1-3H3,(H,31,32)(H2,22,23,24,33);7-10H,3-6H2,1-2H3,(H,29,30)(H2,21,22,23,31). The smallest absolute Gasteiger partial charge is 0.356 e. The number of carbonyl (C=O) groups is 6. The van der Waals surface area contributed by atoms with Gasteiger partial charge in [-0.05, 0) is 82.9 Å². The van der Waals surface area contributed by atoms with Crippen LogP contribution in [0.2, 0.25) is 0 Å². The minimum atomic E-state index is -4.44. The molecule has 2 fully saturated rings. The number of aromatic carboxylic acids is 2. The second kappa shape index (κ2) is 21.9. The predicted molar refractivity (Wildman–Crippen MR) is 258 cm³/mol. The molecule has 32 heteroatoms. The van der Waals surface area contributed by atoms with Gasteiger partial charge in [0, 0.05) is 56.8 Å². The molecule has 0 radical (unpaired) electrons. The number of nitrogens with zero attached hydrogens (tertiary/aromatic N) is 11. The van der Waals surface area contributed by atoms with Gasteiger partial charge < -0.3 is 30.5 Å². The number of benzene rings is 2. The Morgan fingerprint density at radius 3 is 1.42 bits per heavy atom. The van der Waals surface area contributed by atoms with E-state index in [0.29, 0.717) is 34.0 Å². The third-order valence-corrected chi connectivity index (χ3v) is 17.8. The number of tetrazole rings is 2. The summed E-state index contributed by atoms with van der Waals surface area (Å²) in [6, 6.07) is 8.02. The lowest BCUT2D eigenvalue weighted by Crippen LogP contribution is -2.22. The molecule has 73 heavy (non-hydrogen) atoms. The lowest BCUT2D eigenvalue weighted by Gasteiger charge is -2.18. The van der Waals surface area contributed by atoms with Gasteiger partial charge in [-0.2, -0.15) is 0 Å². The summed E-state index contributed by atoms with van der Waals surface area (Å²) in [7, 11) is -1.17. The van der Waals surface area contributed by atoms with Crippen LogP contribution in [-0.2, 0) is 33.8 Å². The number of sulfone groups is 2. The summed E-state index contributed by atoms with van der Waals surface area (Å²) < 4.78 is 57.4. The maximum atomic E-state index is 13.2. The predicted octanol–water partition coefficient (Wildman–Crippen LogP) is 4.50. The maximum absolute atomic E-state index is 13.2. The molecule has 6 aromatic rings. The van der Waals surface area contributed by atoms with E-state index < -0.39 is 73.8 Å². The SMILES string of the molecule is CN(C)c1ccc(NC(=O)Nc2nc(C(=O)O)c(S(=O)(=O)c3nnnn3C)s2)c(C(=O)C2CCCC2)c1.COc1ccc(NC(=O)Nc2nc(C(=O)O)c(S(=O)(=O)c3nnnn3C)s2)c(C(=O)C2CCCC2)c1. The van der Waals surface area contributed by atoms with Crippen LogP contribution in [-0.4, -0.2) is 134 Å². The van der Waals surface area contributed by atoms with E-state index in [2.05, 4.69) is 62.3 Å². The van der Waals surface area contributed by atoms with Crippen molar-refractivity contribution in [2.45, 2.75) is 70.1 Å². The van der Waals surface area contributed by atoms with Crippen LogP contribution >= 0.6 is 22.7 Å². The monoisotopic (exact) mass is 1080 g/mol. The van der Waals surface area contributed by atoms with Crippen molar-refractivity contribution in [1.82, 2.24) is 50.4 Å². The molecule has 0 aliphatic heterocycles. The van der Waals surface area contributed by atoms with Crippen molar-refractivity contribution in [2.75, 3.05) is 47.4 Å². The molecule has 4 amide bonds. The second-order valence-electron chi connectivity index (χ2n) is 16.5. The van der Waals surface area contributed by atoms with Crippen LogP contribution in [0, 0.1) is 11.8 Å². The van der Waals surface area contributed by atoms with Crippen LogP contribution in [0.15, 0.2) is 55.1 Å². The van der Waals surface area contributed by atoms with Gasteiger partial charge in [0.1, 0.15) is 5.75 Å². The van der Waals surface area contributed by atoms with Crippen molar-refractivity contribution in [3.8, 4) is 5.75 Å². The van der Waals surface area contributed by atoms with E-state index in [1.165, 1.54) is 27.3 Å². The van der Waals surface area contributed by atoms with Gasteiger partial charge in [0.2, 0.25) is 0 Å². The number of anilines is 5. The third kappa shape index (κ3) is 11.6. The summed E-state index contributed by atoms with van der Waals surface area (Å²) in [6.07, 6.45) is 6.94. The fourth-order valence-corrected chi connectivity index (χ4v) is 13.2. The van der Waals surface area contributed by atoms with Crippen LogP contribution in [0.25, 0.3) is 0 Å². The van der Waals surface area contributed by atoms with Crippen LogP contribution in [0.3, 0.4) is 0 Å². The van der Waals surface area contributed by atoms with Gasteiger partial charge in [-0.1, -0.05) is 58.6 Å². The Morgan fingerprint density at radius 1 is 0.644 bits per heavy atom. The van der Waals surface area contributed by atoms with Gasteiger partial charge >= 0.3 is 24.0 Å². The number of urea groups is 2. The summed E-state index contributed by atoms with van der Waals surface area (Å²) >= 11 is 0.873. The molecule has 28 nitrogen and oxygen atoms in total. The zero-order valence-electron chi connectivity index (χ0n) is 39.2. The van der Waals surface area contributed by atoms with Crippen LogP contribution in [0.4, 0.5) is 36.9 Å². The molecule has 386 valence electrons. The Balaban J connectivity index is 0.000000214. The maximum Gasteiger partial charge on any atom is 0.356 e. The number of rotatable bonds is 16. The molecular formula is C41H45N15O13S4. The lowest BCUT2D eigenvalue weighted by atomic mass is 9.94. The number of aryl methyl sites for hydroxylation is 2. The first-order valence-corrected chi connectivity index (χ1v) is 26.4. The molecule has 0 atom stereocenters. The molecule has 0 unspecified atom stereocenters. The number of carboxylic acid groups (broad SMARTS) is 2.